The lowest BCUT2D eigenvalue weighted by atomic mass is 9.89. The topological polar surface area (TPSA) is 46.3 Å². The lowest BCUT2D eigenvalue weighted by Gasteiger charge is -2.42. The zero-order chi connectivity index (χ0) is 13.3. The normalized spacial score (nSPS) is 24.7. The van der Waals surface area contributed by atoms with Crippen molar-refractivity contribution in [1.29, 1.82) is 0 Å². The van der Waals surface area contributed by atoms with Gasteiger partial charge in [0.15, 0.2) is 0 Å². The molecule has 0 bridgehead atoms. The van der Waals surface area contributed by atoms with Gasteiger partial charge in [0.2, 0.25) is 5.91 Å². The van der Waals surface area contributed by atoms with Crippen LogP contribution in [0.3, 0.4) is 0 Å². The van der Waals surface area contributed by atoms with E-state index in [0.29, 0.717) is 6.42 Å². The number of likely N-dealkylation sites (tertiary alicyclic amines) is 1. The highest BCUT2D eigenvalue weighted by atomic mass is 16.2. The fraction of sp³-hybridized carbons (Fsp3) is 0.533. The molecule has 0 spiro atoms. The highest BCUT2D eigenvalue weighted by Gasteiger charge is 2.36. The van der Waals surface area contributed by atoms with E-state index in [-0.39, 0.29) is 24.0 Å². The van der Waals surface area contributed by atoms with Crippen LogP contribution in [0.25, 0.3) is 0 Å². The minimum Gasteiger partial charge on any atom is -0.332 e. The van der Waals surface area contributed by atoms with Crippen molar-refractivity contribution in [3.63, 3.8) is 0 Å². The van der Waals surface area contributed by atoms with E-state index in [1.807, 2.05) is 4.90 Å². The van der Waals surface area contributed by atoms with Crippen molar-refractivity contribution in [1.82, 2.24) is 4.90 Å². The molecule has 1 amide bonds. The molecular formula is C15H22N2O. The summed E-state index contributed by atoms with van der Waals surface area (Å²) in [6.45, 7) is 6.17. The zero-order valence-electron chi connectivity index (χ0n) is 11.4. The number of carbonyl (C=O) groups excluding carboxylic acids is 1. The van der Waals surface area contributed by atoms with Gasteiger partial charge in [-0.1, -0.05) is 29.8 Å². The highest BCUT2D eigenvalue weighted by molar-refractivity contribution is 5.78. The lowest BCUT2D eigenvalue weighted by molar-refractivity contribution is -0.139. The first kappa shape index (κ1) is 13.1. The summed E-state index contributed by atoms with van der Waals surface area (Å²) < 4.78 is 0. The highest BCUT2D eigenvalue weighted by Crippen LogP contribution is 2.32. The maximum atomic E-state index is 12.1. The van der Waals surface area contributed by atoms with Crippen LogP contribution >= 0.6 is 0 Å². The molecular weight excluding hydrogens is 224 g/mol. The molecule has 2 atom stereocenters. The first-order chi connectivity index (χ1) is 8.50. The fourth-order valence-electron chi connectivity index (χ4n) is 2.72. The molecule has 98 valence electrons. The molecule has 0 radical (unpaired) electrons. The van der Waals surface area contributed by atoms with Crippen LogP contribution in [-0.2, 0) is 4.79 Å². The Hall–Kier alpha value is -1.35. The van der Waals surface area contributed by atoms with Crippen LogP contribution in [0.4, 0.5) is 0 Å². The summed E-state index contributed by atoms with van der Waals surface area (Å²) in [7, 11) is 0. The summed E-state index contributed by atoms with van der Waals surface area (Å²) in [4.78, 5) is 14.0. The largest absolute Gasteiger partial charge is 0.332 e. The van der Waals surface area contributed by atoms with Crippen LogP contribution in [-0.4, -0.2) is 22.9 Å². The Morgan fingerprint density at radius 3 is 2.44 bits per heavy atom. The molecule has 3 nitrogen and oxygen atoms in total. The van der Waals surface area contributed by atoms with Crippen LogP contribution in [0, 0.1) is 6.92 Å². The maximum Gasteiger partial charge on any atom is 0.223 e. The van der Waals surface area contributed by atoms with Gasteiger partial charge >= 0.3 is 0 Å². The van der Waals surface area contributed by atoms with Crippen molar-refractivity contribution in [3.8, 4) is 0 Å². The van der Waals surface area contributed by atoms with Crippen molar-refractivity contribution in [2.24, 2.45) is 5.73 Å². The minimum absolute atomic E-state index is 0.0202. The SMILES string of the molecule is Cc1ccc(C2C(N)CCC(=O)N2C(C)C)cc1. The van der Waals surface area contributed by atoms with Crippen molar-refractivity contribution in [3.05, 3.63) is 35.4 Å². The van der Waals surface area contributed by atoms with Crippen LogP contribution in [0.5, 0.6) is 0 Å². The van der Waals surface area contributed by atoms with Gasteiger partial charge in [-0.2, -0.15) is 0 Å². The molecule has 1 saturated heterocycles. The van der Waals surface area contributed by atoms with Gasteiger partial charge in [0.05, 0.1) is 6.04 Å². The molecule has 0 aromatic heterocycles. The molecule has 1 fully saturated rings. The van der Waals surface area contributed by atoms with Crippen LogP contribution in [0.1, 0.15) is 43.9 Å². The summed E-state index contributed by atoms with van der Waals surface area (Å²) in [5.74, 6) is 0.220. The predicted octanol–water partition coefficient (Wildman–Crippen LogP) is 2.39. The molecule has 1 aliphatic heterocycles. The number of hydrogen-bond acceptors (Lipinski definition) is 2. The van der Waals surface area contributed by atoms with Crippen molar-refractivity contribution < 1.29 is 4.79 Å². The average molecular weight is 246 g/mol. The third kappa shape index (κ3) is 2.41. The van der Waals surface area contributed by atoms with Gasteiger partial charge in [-0.05, 0) is 32.8 Å². The molecule has 0 saturated carbocycles. The monoisotopic (exact) mass is 246 g/mol. The second kappa shape index (κ2) is 5.11. The number of benzene rings is 1. The van der Waals surface area contributed by atoms with Crippen LogP contribution in [0.15, 0.2) is 24.3 Å². The second-order valence-corrected chi connectivity index (χ2v) is 5.45. The van der Waals surface area contributed by atoms with E-state index in [1.165, 1.54) is 5.56 Å². The Balaban J connectivity index is 2.36. The average Bonchev–Trinajstić information content (AvgIpc) is 2.32. The molecule has 3 heteroatoms. The quantitative estimate of drug-likeness (QED) is 0.871. The van der Waals surface area contributed by atoms with Gasteiger partial charge in [-0.15, -0.1) is 0 Å². The number of aryl methyl sites for hydroxylation is 1. The van der Waals surface area contributed by atoms with E-state index in [0.717, 1.165) is 12.0 Å². The van der Waals surface area contributed by atoms with Gasteiger partial charge in [0, 0.05) is 18.5 Å². The number of piperidine rings is 1. The van der Waals surface area contributed by atoms with Gasteiger partial charge in [-0.25, -0.2) is 0 Å². The fourth-order valence-corrected chi connectivity index (χ4v) is 2.72. The van der Waals surface area contributed by atoms with Crippen molar-refractivity contribution >= 4 is 5.91 Å². The summed E-state index contributed by atoms with van der Waals surface area (Å²) in [6.07, 6.45) is 1.35. The summed E-state index contributed by atoms with van der Waals surface area (Å²) >= 11 is 0. The first-order valence-corrected chi connectivity index (χ1v) is 6.64. The van der Waals surface area contributed by atoms with E-state index in [1.54, 1.807) is 0 Å². The minimum atomic E-state index is 0.0202. The van der Waals surface area contributed by atoms with Gasteiger partial charge in [0.25, 0.3) is 0 Å². The first-order valence-electron chi connectivity index (χ1n) is 6.64. The van der Waals surface area contributed by atoms with Gasteiger partial charge < -0.3 is 10.6 Å². The molecule has 1 heterocycles. The summed E-state index contributed by atoms with van der Waals surface area (Å²) in [6, 6.07) is 8.59. The van der Waals surface area contributed by atoms with Crippen LogP contribution < -0.4 is 5.73 Å². The molecule has 2 N–H and O–H groups in total. The third-order valence-corrected chi connectivity index (χ3v) is 3.66. The second-order valence-electron chi connectivity index (χ2n) is 5.45. The van der Waals surface area contributed by atoms with Crippen molar-refractivity contribution in [2.45, 2.75) is 51.7 Å². The molecule has 1 aromatic rings. The Morgan fingerprint density at radius 1 is 1.28 bits per heavy atom. The zero-order valence-corrected chi connectivity index (χ0v) is 11.4. The molecule has 2 rings (SSSR count). The van der Waals surface area contributed by atoms with E-state index in [4.69, 9.17) is 5.73 Å². The smallest absolute Gasteiger partial charge is 0.223 e. The Morgan fingerprint density at radius 2 is 1.89 bits per heavy atom. The standard InChI is InChI=1S/C15H22N2O/c1-10(2)17-14(18)9-8-13(16)15(17)12-6-4-11(3)5-7-12/h4-7,10,13,15H,8-9,16H2,1-3H3. The molecule has 1 aromatic carbocycles. The number of nitrogens with two attached hydrogens (primary N) is 1. The number of carbonyl (C=O) groups is 1. The maximum absolute atomic E-state index is 12.1. The van der Waals surface area contributed by atoms with E-state index in [9.17, 15) is 4.79 Å². The Kier molecular flexibility index (Phi) is 3.71. The van der Waals surface area contributed by atoms with E-state index >= 15 is 0 Å². The van der Waals surface area contributed by atoms with Crippen LogP contribution in [0.2, 0.25) is 0 Å². The summed E-state index contributed by atoms with van der Waals surface area (Å²) in [5.41, 5.74) is 8.62. The number of rotatable bonds is 2. The number of nitrogens with zero attached hydrogens (tertiary/aromatic N) is 1. The molecule has 0 aliphatic carbocycles. The number of hydrogen-bond donors (Lipinski definition) is 1. The molecule has 2 unspecified atom stereocenters. The lowest BCUT2D eigenvalue weighted by Crippen LogP contribution is -2.51. The molecule has 1 aliphatic rings. The van der Waals surface area contributed by atoms with Crippen molar-refractivity contribution in [2.75, 3.05) is 0 Å². The van der Waals surface area contributed by atoms with Gasteiger partial charge in [-0.3, -0.25) is 4.79 Å². The Bertz CT molecular complexity index is 425. The third-order valence-electron chi connectivity index (χ3n) is 3.66. The van der Waals surface area contributed by atoms with Gasteiger partial charge in [0.1, 0.15) is 0 Å². The summed E-state index contributed by atoms with van der Waals surface area (Å²) in [5, 5.41) is 0. The van der Waals surface area contributed by atoms with E-state index < -0.39 is 0 Å². The Labute approximate surface area is 109 Å². The van der Waals surface area contributed by atoms with E-state index in [2.05, 4.69) is 45.0 Å². The number of amides is 1. The molecule has 18 heavy (non-hydrogen) atoms. The predicted molar refractivity (Wildman–Crippen MR) is 73.1 cm³/mol.